The van der Waals surface area contributed by atoms with E-state index in [-0.39, 0.29) is 18.4 Å². The van der Waals surface area contributed by atoms with Crippen molar-refractivity contribution in [3.63, 3.8) is 0 Å². The van der Waals surface area contributed by atoms with Crippen LogP contribution in [0.2, 0.25) is 0 Å². The van der Waals surface area contributed by atoms with Gasteiger partial charge in [-0.2, -0.15) is 0 Å². The molecular formula is C25H25NO3. The number of ether oxygens (including phenoxy) is 1. The van der Waals surface area contributed by atoms with Crippen LogP contribution in [0.5, 0.6) is 0 Å². The molecule has 3 aromatic carbocycles. The molecule has 4 rings (SSSR count). The van der Waals surface area contributed by atoms with Gasteiger partial charge in [0.15, 0.2) is 0 Å². The number of rotatable bonds is 7. The molecule has 0 radical (unpaired) electrons. The summed E-state index contributed by atoms with van der Waals surface area (Å²) < 4.78 is 5.55. The first kappa shape index (κ1) is 19.2. The third-order valence-electron chi connectivity index (χ3n) is 5.50. The first-order valence-corrected chi connectivity index (χ1v) is 10.00. The summed E-state index contributed by atoms with van der Waals surface area (Å²) in [5.74, 6) is 0.00369. The lowest BCUT2D eigenvalue weighted by atomic mass is 9.98. The van der Waals surface area contributed by atoms with Gasteiger partial charge < -0.3 is 15.2 Å². The van der Waals surface area contributed by atoms with Gasteiger partial charge in [0.25, 0.3) is 0 Å². The summed E-state index contributed by atoms with van der Waals surface area (Å²) >= 11 is 0. The number of nitrogens with one attached hydrogen (secondary N) is 1. The second kappa shape index (κ2) is 8.93. The maximum Gasteiger partial charge on any atom is 0.407 e. The largest absolute Gasteiger partial charge is 0.449 e. The van der Waals surface area contributed by atoms with E-state index in [1.807, 2.05) is 54.6 Å². The lowest BCUT2D eigenvalue weighted by Crippen LogP contribution is -2.33. The number of hydrogen-bond donors (Lipinski definition) is 2. The molecule has 148 valence electrons. The van der Waals surface area contributed by atoms with Crippen LogP contribution < -0.4 is 5.32 Å². The fourth-order valence-corrected chi connectivity index (χ4v) is 4.03. The molecule has 0 saturated heterocycles. The van der Waals surface area contributed by atoms with E-state index in [0.29, 0.717) is 19.6 Å². The molecule has 2 N–H and O–H groups in total. The lowest BCUT2D eigenvalue weighted by molar-refractivity contribution is 0.138. The van der Waals surface area contributed by atoms with E-state index in [9.17, 15) is 9.90 Å². The lowest BCUT2D eigenvalue weighted by Gasteiger charge is -2.17. The van der Waals surface area contributed by atoms with Gasteiger partial charge in [-0.1, -0.05) is 78.9 Å². The van der Waals surface area contributed by atoms with Crippen LogP contribution in [-0.2, 0) is 11.2 Å². The van der Waals surface area contributed by atoms with E-state index in [4.69, 9.17) is 4.74 Å². The van der Waals surface area contributed by atoms with Crippen molar-refractivity contribution in [3.05, 3.63) is 95.6 Å². The van der Waals surface area contributed by atoms with Crippen molar-refractivity contribution >= 4 is 6.09 Å². The first-order valence-electron chi connectivity index (χ1n) is 10.00. The Morgan fingerprint density at radius 2 is 1.48 bits per heavy atom. The van der Waals surface area contributed by atoms with Crippen molar-refractivity contribution in [2.24, 2.45) is 5.92 Å². The summed E-state index contributed by atoms with van der Waals surface area (Å²) in [5, 5.41) is 12.4. The van der Waals surface area contributed by atoms with Crippen LogP contribution in [0.25, 0.3) is 11.1 Å². The number of benzene rings is 3. The van der Waals surface area contributed by atoms with Gasteiger partial charge in [-0.25, -0.2) is 4.79 Å². The molecule has 1 aliphatic rings. The molecule has 0 saturated carbocycles. The molecular weight excluding hydrogens is 362 g/mol. The number of fused-ring (bicyclic) bond motifs is 3. The Labute approximate surface area is 171 Å². The third kappa shape index (κ3) is 4.33. The Morgan fingerprint density at radius 3 is 2.10 bits per heavy atom. The molecule has 4 nitrogen and oxygen atoms in total. The topological polar surface area (TPSA) is 58.6 Å². The van der Waals surface area contributed by atoms with Crippen LogP contribution in [-0.4, -0.2) is 31.0 Å². The molecule has 1 amide bonds. The van der Waals surface area contributed by atoms with Gasteiger partial charge in [0.2, 0.25) is 0 Å². The van der Waals surface area contributed by atoms with Crippen LogP contribution in [0.4, 0.5) is 4.79 Å². The number of hydrogen-bond acceptors (Lipinski definition) is 3. The molecule has 3 aromatic rings. The second-order valence-electron chi connectivity index (χ2n) is 7.44. The standard InChI is InChI=1S/C25H25NO3/c27-16-19(14-18-8-2-1-3-9-18)15-26-25(28)29-17-24-22-12-6-4-10-20(22)21-11-5-7-13-23(21)24/h1-13,19,24,27H,14-17H2,(H,26,28)/t19-/m0/s1. The molecule has 1 atom stereocenters. The Balaban J connectivity index is 1.34. The number of aliphatic hydroxyl groups is 1. The summed E-state index contributed by atoms with van der Waals surface area (Å²) in [6, 6.07) is 26.5. The molecule has 29 heavy (non-hydrogen) atoms. The van der Waals surface area contributed by atoms with Gasteiger partial charge in [-0.3, -0.25) is 0 Å². The van der Waals surface area contributed by atoms with E-state index in [2.05, 4.69) is 29.6 Å². The number of carbonyl (C=O) groups is 1. The van der Waals surface area contributed by atoms with E-state index in [1.54, 1.807) is 0 Å². The maximum absolute atomic E-state index is 12.3. The minimum Gasteiger partial charge on any atom is -0.449 e. The number of amides is 1. The molecule has 0 aliphatic heterocycles. The highest BCUT2D eigenvalue weighted by molar-refractivity contribution is 5.79. The molecule has 0 fully saturated rings. The normalized spacial score (nSPS) is 13.4. The van der Waals surface area contributed by atoms with Gasteiger partial charge in [0, 0.05) is 25.0 Å². The highest BCUT2D eigenvalue weighted by atomic mass is 16.5. The van der Waals surface area contributed by atoms with Crippen LogP contribution in [0.1, 0.15) is 22.6 Å². The summed E-state index contributed by atoms with van der Waals surface area (Å²) in [6.07, 6.45) is 0.263. The molecule has 0 unspecified atom stereocenters. The summed E-state index contributed by atoms with van der Waals surface area (Å²) in [5.41, 5.74) is 5.94. The quantitative estimate of drug-likeness (QED) is 0.633. The van der Waals surface area contributed by atoms with Gasteiger partial charge >= 0.3 is 6.09 Å². The number of carbonyl (C=O) groups excluding carboxylic acids is 1. The minimum atomic E-state index is -0.446. The van der Waals surface area contributed by atoms with Crippen molar-refractivity contribution < 1.29 is 14.6 Å². The van der Waals surface area contributed by atoms with E-state index >= 15 is 0 Å². The van der Waals surface area contributed by atoms with Crippen LogP contribution in [0.15, 0.2) is 78.9 Å². The highest BCUT2D eigenvalue weighted by Gasteiger charge is 2.29. The third-order valence-corrected chi connectivity index (χ3v) is 5.50. The fourth-order valence-electron chi connectivity index (χ4n) is 4.03. The maximum atomic E-state index is 12.3. The Bertz CT molecular complexity index is 925. The van der Waals surface area contributed by atoms with Gasteiger partial charge in [0.1, 0.15) is 6.61 Å². The fraction of sp³-hybridized carbons (Fsp3) is 0.240. The van der Waals surface area contributed by atoms with Crippen molar-refractivity contribution in [2.75, 3.05) is 19.8 Å². The van der Waals surface area contributed by atoms with Gasteiger partial charge in [-0.05, 0) is 34.2 Å². The molecule has 0 heterocycles. The van der Waals surface area contributed by atoms with Crippen LogP contribution >= 0.6 is 0 Å². The number of alkyl carbamates (subject to hydrolysis) is 1. The number of aliphatic hydroxyl groups excluding tert-OH is 1. The van der Waals surface area contributed by atoms with Crippen molar-refractivity contribution in [3.8, 4) is 11.1 Å². The SMILES string of the molecule is O=C(NC[C@@H](CO)Cc1ccccc1)OCC1c2ccccc2-c2ccccc21. The molecule has 0 spiro atoms. The average molecular weight is 387 g/mol. The zero-order valence-corrected chi connectivity index (χ0v) is 16.3. The minimum absolute atomic E-state index is 0.0125. The summed E-state index contributed by atoms with van der Waals surface area (Å²) in [7, 11) is 0. The molecule has 0 aromatic heterocycles. The van der Waals surface area contributed by atoms with E-state index in [1.165, 1.54) is 22.3 Å². The van der Waals surface area contributed by atoms with Gasteiger partial charge in [0.05, 0.1) is 0 Å². The average Bonchev–Trinajstić information content (AvgIpc) is 3.09. The predicted molar refractivity (Wildman–Crippen MR) is 114 cm³/mol. The van der Waals surface area contributed by atoms with Crippen LogP contribution in [0, 0.1) is 5.92 Å². The van der Waals surface area contributed by atoms with E-state index in [0.717, 1.165) is 5.56 Å². The Hall–Kier alpha value is -3.11. The van der Waals surface area contributed by atoms with Crippen molar-refractivity contribution in [2.45, 2.75) is 12.3 Å². The zero-order chi connectivity index (χ0) is 20.1. The van der Waals surface area contributed by atoms with Crippen LogP contribution in [0.3, 0.4) is 0 Å². The molecule has 4 heteroatoms. The monoisotopic (exact) mass is 387 g/mol. The summed E-state index contributed by atoms with van der Waals surface area (Å²) in [6.45, 7) is 0.683. The smallest absolute Gasteiger partial charge is 0.407 e. The van der Waals surface area contributed by atoms with Crippen molar-refractivity contribution in [1.82, 2.24) is 5.32 Å². The summed E-state index contributed by atoms with van der Waals surface area (Å²) in [4.78, 5) is 12.3. The second-order valence-corrected chi connectivity index (χ2v) is 7.44. The van der Waals surface area contributed by atoms with Gasteiger partial charge in [-0.15, -0.1) is 0 Å². The zero-order valence-electron chi connectivity index (χ0n) is 16.3. The highest BCUT2D eigenvalue weighted by Crippen LogP contribution is 2.44. The predicted octanol–water partition coefficient (Wildman–Crippen LogP) is 4.38. The molecule has 1 aliphatic carbocycles. The first-order chi connectivity index (χ1) is 14.3. The van der Waals surface area contributed by atoms with Crippen molar-refractivity contribution in [1.29, 1.82) is 0 Å². The Morgan fingerprint density at radius 1 is 0.897 bits per heavy atom. The molecule has 0 bridgehead atoms. The Kier molecular flexibility index (Phi) is 5.92. The van der Waals surface area contributed by atoms with E-state index < -0.39 is 6.09 Å².